The molecule has 0 atom stereocenters. The number of carbonyl (C=O) groups excluding carboxylic acids is 1. The number of nitrogens with zero attached hydrogens (tertiary/aromatic N) is 3. The van der Waals surface area contributed by atoms with E-state index in [9.17, 15) is 4.79 Å². The van der Waals surface area contributed by atoms with Crippen molar-refractivity contribution in [2.24, 2.45) is 0 Å². The van der Waals surface area contributed by atoms with Crippen molar-refractivity contribution in [2.75, 3.05) is 23.5 Å². The molecule has 0 spiro atoms. The average Bonchev–Trinajstić information content (AvgIpc) is 3.08. The zero-order chi connectivity index (χ0) is 18.8. The Morgan fingerprint density at radius 3 is 2.81 bits per heavy atom. The van der Waals surface area contributed by atoms with E-state index in [0.29, 0.717) is 17.9 Å². The molecule has 1 amide bonds. The third kappa shape index (κ3) is 3.30. The van der Waals surface area contributed by atoms with Gasteiger partial charge in [-0.1, -0.05) is 42.5 Å². The number of methoxy groups -OCH3 is 1. The van der Waals surface area contributed by atoms with Crippen LogP contribution in [0.4, 0.5) is 22.6 Å². The molecule has 9 heteroatoms. The standard InChI is InChI=1S/C18H16N6O3/c1-26-18(25)24-17-21-13-14(22-16(19)23-15(13)27-17)20-9-11-7-4-6-10-5-2-3-8-12(10)11/h2-8H,9H2,1H3,(H,21,24,25)(H3,19,20,22,23). The molecular formula is C18H16N6O3. The van der Waals surface area contributed by atoms with Gasteiger partial charge in [-0.25, -0.2) is 10.1 Å². The second-order valence-electron chi connectivity index (χ2n) is 5.71. The van der Waals surface area contributed by atoms with Crippen molar-refractivity contribution in [1.29, 1.82) is 0 Å². The molecule has 2 aromatic heterocycles. The number of amides is 1. The maximum atomic E-state index is 11.3. The van der Waals surface area contributed by atoms with E-state index in [1.165, 1.54) is 7.11 Å². The Kier molecular flexibility index (Phi) is 4.17. The number of anilines is 3. The lowest BCUT2D eigenvalue weighted by Gasteiger charge is -2.09. The van der Waals surface area contributed by atoms with Crippen molar-refractivity contribution in [2.45, 2.75) is 6.54 Å². The first-order chi connectivity index (χ1) is 13.1. The summed E-state index contributed by atoms with van der Waals surface area (Å²) in [7, 11) is 1.24. The largest absolute Gasteiger partial charge is 0.453 e. The third-order valence-electron chi connectivity index (χ3n) is 4.00. The number of aromatic nitrogens is 3. The zero-order valence-corrected chi connectivity index (χ0v) is 14.4. The van der Waals surface area contributed by atoms with Crippen molar-refractivity contribution in [3.05, 3.63) is 48.0 Å². The minimum atomic E-state index is -0.701. The first-order valence-corrected chi connectivity index (χ1v) is 8.13. The fourth-order valence-corrected chi connectivity index (χ4v) is 2.78. The van der Waals surface area contributed by atoms with Crippen LogP contribution in [0.3, 0.4) is 0 Å². The molecule has 0 aliphatic rings. The molecule has 0 radical (unpaired) electrons. The van der Waals surface area contributed by atoms with Gasteiger partial charge in [0.15, 0.2) is 11.3 Å². The smallest absolute Gasteiger partial charge is 0.414 e. The van der Waals surface area contributed by atoms with Crippen LogP contribution in [-0.4, -0.2) is 28.2 Å². The quantitative estimate of drug-likeness (QED) is 0.504. The number of hydrogen-bond acceptors (Lipinski definition) is 8. The number of hydrogen-bond donors (Lipinski definition) is 3. The van der Waals surface area contributed by atoms with E-state index in [4.69, 9.17) is 10.2 Å². The first kappa shape index (κ1) is 16.6. The van der Waals surface area contributed by atoms with Crippen LogP contribution in [0.2, 0.25) is 0 Å². The highest BCUT2D eigenvalue weighted by molar-refractivity contribution is 5.88. The van der Waals surface area contributed by atoms with Crippen molar-refractivity contribution >= 4 is 45.9 Å². The fraction of sp³-hybridized carbons (Fsp3) is 0.111. The number of nitrogens with one attached hydrogen (secondary N) is 2. The van der Waals surface area contributed by atoms with Crippen LogP contribution in [0.15, 0.2) is 46.9 Å². The fourth-order valence-electron chi connectivity index (χ4n) is 2.78. The molecule has 0 aliphatic carbocycles. The predicted molar refractivity (Wildman–Crippen MR) is 101 cm³/mol. The number of rotatable bonds is 4. The van der Waals surface area contributed by atoms with Gasteiger partial charge in [0, 0.05) is 6.54 Å². The molecule has 2 heterocycles. The number of fused-ring (bicyclic) bond motifs is 2. The monoisotopic (exact) mass is 364 g/mol. The lowest BCUT2D eigenvalue weighted by molar-refractivity contribution is 0.186. The number of nitrogens with two attached hydrogens (primary N) is 1. The van der Waals surface area contributed by atoms with Crippen LogP contribution in [0.25, 0.3) is 22.0 Å². The van der Waals surface area contributed by atoms with Crippen LogP contribution >= 0.6 is 0 Å². The molecule has 0 saturated heterocycles. The molecule has 0 unspecified atom stereocenters. The van der Waals surface area contributed by atoms with Gasteiger partial charge in [0.1, 0.15) is 0 Å². The van der Waals surface area contributed by atoms with Gasteiger partial charge in [-0.3, -0.25) is 0 Å². The van der Waals surface area contributed by atoms with Gasteiger partial charge < -0.3 is 20.2 Å². The molecule has 4 rings (SSSR count). The maximum absolute atomic E-state index is 11.3. The van der Waals surface area contributed by atoms with Crippen LogP contribution < -0.4 is 16.4 Å². The molecular weight excluding hydrogens is 348 g/mol. The summed E-state index contributed by atoms with van der Waals surface area (Å²) in [6.45, 7) is 0.500. The Bertz CT molecular complexity index is 1140. The maximum Gasteiger partial charge on any atom is 0.414 e. The molecule has 4 N–H and O–H groups in total. The van der Waals surface area contributed by atoms with Crippen LogP contribution in [0, 0.1) is 0 Å². The van der Waals surface area contributed by atoms with Crippen LogP contribution in [0.5, 0.6) is 0 Å². The zero-order valence-electron chi connectivity index (χ0n) is 14.4. The second-order valence-corrected chi connectivity index (χ2v) is 5.71. The number of ether oxygens (including phenoxy) is 1. The van der Waals surface area contributed by atoms with Gasteiger partial charge in [-0.05, 0) is 16.3 Å². The summed E-state index contributed by atoms with van der Waals surface area (Å²) in [5.41, 5.74) is 7.37. The van der Waals surface area contributed by atoms with E-state index in [0.717, 1.165) is 16.3 Å². The number of benzene rings is 2. The number of oxazole rings is 1. The van der Waals surface area contributed by atoms with E-state index in [1.54, 1.807) is 0 Å². The van der Waals surface area contributed by atoms with Gasteiger partial charge in [-0.2, -0.15) is 15.0 Å². The van der Waals surface area contributed by atoms with E-state index < -0.39 is 6.09 Å². The minimum absolute atomic E-state index is 0.0312. The van der Waals surface area contributed by atoms with Gasteiger partial charge in [0.25, 0.3) is 5.71 Å². The summed E-state index contributed by atoms with van der Waals surface area (Å²) in [5, 5.41) is 7.86. The van der Waals surface area contributed by atoms with E-state index in [-0.39, 0.29) is 17.7 Å². The lowest BCUT2D eigenvalue weighted by Crippen LogP contribution is -2.10. The summed E-state index contributed by atoms with van der Waals surface area (Å²) < 4.78 is 9.91. The van der Waals surface area contributed by atoms with Crippen LogP contribution in [-0.2, 0) is 11.3 Å². The summed E-state index contributed by atoms with van der Waals surface area (Å²) in [4.78, 5) is 23.7. The normalized spacial score (nSPS) is 10.9. The average molecular weight is 364 g/mol. The Hall–Kier alpha value is -3.88. The highest BCUT2D eigenvalue weighted by atomic mass is 16.5. The van der Waals surface area contributed by atoms with Gasteiger partial charge >= 0.3 is 12.1 Å². The summed E-state index contributed by atoms with van der Waals surface area (Å²) >= 11 is 0. The Morgan fingerprint density at radius 2 is 1.96 bits per heavy atom. The molecule has 136 valence electrons. The number of nitrogen functional groups attached to an aromatic ring is 1. The van der Waals surface area contributed by atoms with E-state index in [2.05, 4.69) is 48.5 Å². The van der Waals surface area contributed by atoms with Crippen molar-refractivity contribution in [3.63, 3.8) is 0 Å². The van der Waals surface area contributed by atoms with E-state index >= 15 is 0 Å². The summed E-state index contributed by atoms with van der Waals surface area (Å²) in [6.07, 6.45) is -0.701. The topological polar surface area (TPSA) is 128 Å². The molecule has 0 fully saturated rings. The van der Waals surface area contributed by atoms with Crippen molar-refractivity contribution < 1.29 is 13.9 Å². The molecule has 0 aliphatic heterocycles. The number of carbonyl (C=O) groups is 1. The molecule has 2 aromatic carbocycles. The first-order valence-electron chi connectivity index (χ1n) is 8.13. The molecule has 0 bridgehead atoms. The molecule has 9 nitrogen and oxygen atoms in total. The van der Waals surface area contributed by atoms with Crippen LogP contribution in [0.1, 0.15) is 5.56 Å². The lowest BCUT2D eigenvalue weighted by atomic mass is 10.0. The van der Waals surface area contributed by atoms with Gasteiger partial charge in [0.05, 0.1) is 7.11 Å². The molecule has 0 saturated carbocycles. The molecule has 27 heavy (non-hydrogen) atoms. The second kappa shape index (κ2) is 6.79. The van der Waals surface area contributed by atoms with E-state index in [1.807, 2.05) is 24.3 Å². The Balaban J connectivity index is 1.65. The minimum Gasteiger partial charge on any atom is -0.453 e. The highest BCUT2D eigenvalue weighted by Crippen LogP contribution is 2.25. The van der Waals surface area contributed by atoms with Crippen molar-refractivity contribution in [3.8, 4) is 0 Å². The SMILES string of the molecule is COC(=O)Nc1nc2c(NCc3cccc4ccccc34)nc(N)nc2o1. The summed E-state index contributed by atoms with van der Waals surface area (Å²) in [6, 6.07) is 14.1. The Morgan fingerprint density at radius 1 is 1.15 bits per heavy atom. The van der Waals surface area contributed by atoms with Crippen molar-refractivity contribution in [1.82, 2.24) is 15.0 Å². The molecule has 4 aromatic rings. The third-order valence-corrected chi connectivity index (χ3v) is 4.00. The van der Waals surface area contributed by atoms with Gasteiger partial charge in [-0.15, -0.1) is 0 Å². The highest BCUT2D eigenvalue weighted by Gasteiger charge is 2.16. The predicted octanol–water partition coefficient (Wildman–Crippen LogP) is 3.14. The summed E-state index contributed by atoms with van der Waals surface area (Å²) in [5.74, 6) is 0.441. The van der Waals surface area contributed by atoms with Gasteiger partial charge in [0.2, 0.25) is 5.95 Å². The Labute approximate surface area is 153 Å².